The van der Waals surface area contributed by atoms with E-state index in [2.05, 4.69) is 4.98 Å². The Morgan fingerprint density at radius 2 is 2.10 bits per heavy atom. The maximum absolute atomic E-state index is 11.0. The number of aromatic nitrogens is 1. The summed E-state index contributed by atoms with van der Waals surface area (Å²) in [5.74, 6) is 0.433. The number of aliphatic hydroxyl groups excluding tert-OH is 1. The number of pyridine rings is 1. The average molecular weight is 274 g/mol. The highest BCUT2D eigenvalue weighted by molar-refractivity contribution is 5.50. The summed E-state index contributed by atoms with van der Waals surface area (Å²) in [5.41, 5.74) is 2.04. The molecule has 0 bridgehead atoms. The van der Waals surface area contributed by atoms with Crippen molar-refractivity contribution in [3.05, 3.63) is 57.3 Å². The smallest absolute Gasteiger partial charge is 0.311 e. The Kier molecular flexibility index (Phi) is 3.95. The Morgan fingerprint density at radius 1 is 1.35 bits per heavy atom. The molecule has 0 radical (unpaired) electrons. The highest BCUT2D eigenvalue weighted by Gasteiger charge is 2.17. The molecule has 2 aromatic rings. The van der Waals surface area contributed by atoms with Gasteiger partial charge in [0.15, 0.2) is 0 Å². The summed E-state index contributed by atoms with van der Waals surface area (Å²) in [4.78, 5) is 14.6. The quantitative estimate of drug-likeness (QED) is 0.684. The van der Waals surface area contributed by atoms with Crippen LogP contribution >= 0.6 is 0 Å². The highest BCUT2D eigenvalue weighted by Crippen LogP contribution is 2.32. The average Bonchev–Trinajstić information content (AvgIpc) is 2.42. The minimum atomic E-state index is -0.486. The first-order valence-corrected chi connectivity index (χ1v) is 6.00. The van der Waals surface area contributed by atoms with E-state index in [1.807, 2.05) is 0 Å². The lowest BCUT2D eigenvalue weighted by Gasteiger charge is -2.09. The third-order valence-corrected chi connectivity index (χ3v) is 2.79. The summed E-state index contributed by atoms with van der Waals surface area (Å²) >= 11 is 0. The first kappa shape index (κ1) is 14.0. The van der Waals surface area contributed by atoms with E-state index in [0.29, 0.717) is 11.1 Å². The molecule has 1 aromatic heterocycles. The summed E-state index contributed by atoms with van der Waals surface area (Å²) in [5, 5.41) is 20.0. The Hall–Kier alpha value is -2.47. The molecule has 104 valence electrons. The molecule has 2 rings (SSSR count). The van der Waals surface area contributed by atoms with Gasteiger partial charge in [0.1, 0.15) is 0 Å². The summed E-state index contributed by atoms with van der Waals surface area (Å²) in [6.07, 6.45) is 1.47. The molecule has 0 aliphatic heterocycles. The zero-order valence-electron chi connectivity index (χ0n) is 11.2. The fraction of sp³-hybridized carbons (Fsp3) is 0.214. The highest BCUT2D eigenvalue weighted by atomic mass is 16.6. The molecule has 0 saturated heterocycles. The minimum Gasteiger partial charge on any atom is -0.432 e. The molecular weight excluding hydrogens is 260 g/mol. The van der Waals surface area contributed by atoms with Gasteiger partial charge in [0.2, 0.25) is 11.6 Å². The summed E-state index contributed by atoms with van der Waals surface area (Å²) in [7, 11) is 0. The molecule has 0 aliphatic carbocycles. The van der Waals surface area contributed by atoms with Gasteiger partial charge in [-0.3, -0.25) is 10.1 Å². The lowest BCUT2D eigenvalue weighted by Crippen LogP contribution is -1.97. The van der Waals surface area contributed by atoms with Crippen LogP contribution in [-0.4, -0.2) is 15.0 Å². The standard InChI is InChI=1S/C14H14N2O4/c1-9-3-4-13(12(5-9)16(18)19)20-14-10(2)6-11(8-17)7-15-14/h3-7,17H,8H2,1-2H3. The molecular formula is C14H14N2O4. The Bertz CT molecular complexity index is 656. The predicted octanol–water partition coefficient (Wildman–Crippen LogP) is 2.89. The van der Waals surface area contributed by atoms with Gasteiger partial charge < -0.3 is 9.84 Å². The van der Waals surface area contributed by atoms with E-state index >= 15 is 0 Å². The van der Waals surface area contributed by atoms with Crippen LogP contribution in [0.4, 0.5) is 5.69 Å². The normalized spacial score (nSPS) is 10.3. The molecule has 1 heterocycles. The van der Waals surface area contributed by atoms with E-state index in [0.717, 1.165) is 5.56 Å². The van der Waals surface area contributed by atoms with Gasteiger partial charge in [-0.1, -0.05) is 6.07 Å². The van der Waals surface area contributed by atoms with Gasteiger partial charge in [-0.2, -0.15) is 0 Å². The lowest BCUT2D eigenvalue weighted by atomic mass is 10.2. The number of nitro benzene ring substituents is 1. The zero-order chi connectivity index (χ0) is 14.7. The van der Waals surface area contributed by atoms with Gasteiger partial charge in [0.25, 0.3) is 0 Å². The molecule has 0 fully saturated rings. The van der Waals surface area contributed by atoms with Crippen LogP contribution in [0.5, 0.6) is 11.6 Å². The topological polar surface area (TPSA) is 85.5 Å². The van der Waals surface area contributed by atoms with Crippen molar-refractivity contribution in [2.45, 2.75) is 20.5 Å². The largest absolute Gasteiger partial charge is 0.432 e. The molecule has 0 aliphatic rings. The van der Waals surface area contributed by atoms with Crippen LogP contribution in [0, 0.1) is 24.0 Å². The number of hydrogen-bond acceptors (Lipinski definition) is 5. The zero-order valence-corrected chi connectivity index (χ0v) is 11.2. The van der Waals surface area contributed by atoms with Gasteiger partial charge in [-0.25, -0.2) is 4.98 Å². The van der Waals surface area contributed by atoms with E-state index in [9.17, 15) is 10.1 Å². The van der Waals surface area contributed by atoms with Crippen LogP contribution in [0.1, 0.15) is 16.7 Å². The minimum absolute atomic E-state index is 0.0996. The maximum Gasteiger partial charge on any atom is 0.311 e. The van der Waals surface area contributed by atoms with Crippen LogP contribution in [0.15, 0.2) is 30.5 Å². The number of aryl methyl sites for hydroxylation is 2. The van der Waals surface area contributed by atoms with Crippen LogP contribution in [0.3, 0.4) is 0 Å². The fourth-order valence-corrected chi connectivity index (χ4v) is 1.77. The molecule has 20 heavy (non-hydrogen) atoms. The van der Waals surface area contributed by atoms with E-state index in [4.69, 9.17) is 9.84 Å². The first-order valence-electron chi connectivity index (χ1n) is 6.00. The van der Waals surface area contributed by atoms with Crippen molar-refractivity contribution in [2.24, 2.45) is 0 Å². The van der Waals surface area contributed by atoms with Gasteiger partial charge in [0, 0.05) is 17.8 Å². The third-order valence-electron chi connectivity index (χ3n) is 2.79. The van der Waals surface area contributed by atoms with Crippen LogP contribution in [-0.2, 0) is 6.61 Å². The molecule has 6 nitrogen and oxygen atoms in total. The monoisotopic (exact) mass is 274 g/mol. The Labute approximate surface area is 115 Å². The first-order chi connectivity index (χ1) is 9.51. The second kappa shape index (κ2) is 5.66. The predicted molar refractivity (Wildman–Crippen MR) is 72.8 cm³/mol. The van der Waals surface area contributed by atoms with Crippen molar-refractivity contribution >= 4 is 5.69 Å². The van der Waals surface area contributed by atoms with Gasteiger partial charge in [0.05, 0.1) is 11.5 Å². The van der Waals surface area contributed by atoms with Crippen LogP contribution < -0.4 is 4.74 Å². The molecule has 0 atom stereocenters. The molecule has 0 amide bonds. The molecule has 0 spiro atoms. The number of hydrogen-bond donors (Lipinski definition) is 1. The molecule has 1 aromatic carbocycles. The van der Waals surface area contributed by atoms with Gasteiger partial charge >= 0.3 is 5.69 Å². The second-order valence-electron chi connectivity index (χ2n) is 4.45. The van der Waals surface area contributed by atoms with E-state index < -0.39 is 4.92 Å². The number of ether oxygens (including phenoxy) is 1. The molecule has 6 heteroatoms. The number of rotatable bonds is 4. The summed E-state index contributed by atoms with van der Waals surface area (Å²) in [6.45, 7) is 3.43. The van der Waals surface area contributed by atoms with Crippen molar-refractivity contribution in [1.29, 1.82) is 0 Å². The fourth-order valence-electron chi connectivity index (χ4n) is 1.77. The van der Waals surface area contributed by atoms with E-state index in [1.54, 1.807) is 32.0 Å². The molecule has 1 N–H and O–H groups in total. The number of aliphatic hydroxyl groups is 1. The maximum atomic E-state index is 11.0. The third kappa shape index (κ3) is 2.92. The Morgan fingerprint density at radius 3 is 2.70 bits per heavy atom. The van der Waals surface area contributed by atoms with E-state index in [1.165, 1.54) is 12.3 Å². The van der Waals surface area contributed by atoms with Crippen molar-refractivity contribution in [2.75, 3.05) is 0 Å². The summed E-state index contributed by atoms with van der Waals surface area (Å²) in [6, 6.07) is 6.46. The van der Waals surface area contributed by atoms with Crippen molar-refractivity contribution in [3.8, 4) is 11.6 Å². The molecule has 0 unspecified atom stereocenters. The Balaban J connectivity index is 2.37. The van der Waals surface area contributed by atoms with Crippen molar-refractivity contribution < 1.29 is 14.8 Å². The number of nitrogens with zero attached hydrogens (tertiary/aromatic N) is 2. The van der Waals surface area contributed by atoms with Gasteiger partial charge in [-0.05, 0) is 37.1 Å². The number of nitro groups is 1. The summed E-state index contributed by atoms with van der Waals surface area (Å²) < 4.78 is 5.52. The molecule has 0 saturated carbocycles. The van der Waals surface area contributed by atoms with Crippen LogP contribution in [0.25, 0.3) is 0 Å². The van der Waals surface area contributed by atoms with Crippen molar-refractivity contribution in [1.82, 2.24) is 4.98 Å². The van der Waals surface area contributed by atoms with Crippen LogP contribution in [0.2, 0.25) is 0 Å². The van der Waals surface area contributed by atoms with E-state index in [-0.39, 0.29) is 23.9 Å². The second-order valence-corrected chi connectivity index (χ2v) is 4.45. The van der Waals surface area contributed by atoms with Gasteiger partial charge in [-0.15, -0.1) is 0 Å². The SMILES string of the molecule is Cc1ccc(Oc2ncc(CO)cc2C)c([N+](=O)[O-])c1. The van der Waals surface area contributed by atoms with Crippen molar-refractivity contribution in [3.63, 3.8) is 0 Å². The lowest BCUT2D eigenvalue weighted by molar-refractivity contribution is -0.385. The number of benzene rings is 1.